The van der Waals surface area contributed by atoms with Crippen LogP contribution in [-0.2, 0) is 0 Å². The first-order valence-electron chi connectivity index (χ1n) is 5.69. The van der Waals surface area contributed by atoms with Crippen LogP contribution in [0.2, 0.25) is 0 Å². The second kappa shape index (κ2) is 4.61. The zero-order valence-corrected chi connectivity index (χ0v) is 10.2. The molecule has 0 aliphatic heterocycles. The van der Waals surface area contributed by atoms with Crippen molar-refractivity contribution >= 4 is 10.9 Å². The number of rotatable bonds is 2. The third-order valence-electron chi connectivity index (χ3n) is 2.74. The van der Waals surface area contributed by atoms with Gasteiger partial charge in [-0.1, -0.05) is 0 Å². The van der Waals surface area contributed by atoms with E-state index in [4.69, 9.17) is 4.74 Å². The summed E-state index contributed by atoms with van der Waals surface area (Å²) in [5.74, 6) is 0.715. The molecule has 0 bridgehead atoms. The molecule has 2 aromatic heterocycles. The summed E-state index contributed by atoms with van der Waals surface area (Å²) in [4.78, 5) is 12.6. The minimum atomic E-state index is -0.301. The van der Waals surface area contributed by atoms with Gasteiger partial charge in [0.05, 0.1) is 12.6 Å². The van der Waals surface area contributed by atoms with Gasteiger partial charge >= 0.3 is 0 Å². The van der Waals surface area contributed by atoms with Crippen LogP contribution in [0.5, 0.6) is 5.88 Å². The van der Waals surface area contributed by atoms with Crippen LogP contribution in [0.3, 0.4) is 0 Å². The number of hydrogen-bond donors (Lipinski definition) is 0. The molecule has 3 rings (SSSR count). The number of fused-ring (bicyclic) bond motifs is 1. The van der Waals surface area contributed by atoms with Gasteiger partial charge in [0.25, 0.3) is 0 Å². The van der Waals surface area contributed by atoms with E-state index in [1.165, 1.54) is 12.1 Å². The normalized spacial score (nSPS) is 10.6. The predicted molar refractivity (Wildman–Crippen MR) is 69.3 cm³/mol. The van der Waals surface area contributed by atoms with Gasteiger partial charge in [0.15, 0.2) is 5.82 Å². The Labute approximate surface area is 108 Å². The fourth-order valence-corrected chi connectivity index (χ4v) is 1.81. The molecule has 0 saturated carbocycles. The van der Waals surface area contributed by atoms with Crippen LogP contribution in [0.4, 0.5) is 4.39 Å². The molecule has 2 heterocycles. The molecular formula is C14H10FN3O. The lowest BCUT2D eigenvalue weighted by Gasteiger charge is -2.04. The molecule has 4 nitrogen and oxygen atoms in total. The van der Waals surface area contributed by atoms with Gasteiger partial charge in [-0.15, -0.1) is 0 Å². The van der Waals surface area contributed by atoms with Crippen LogP contribution in [0.1, 0.15) is 0 Å². The van der Waals surface area contributed by atoms with Crippen molar-refractivity contribution in [3.63, 3.8) is 0 Å². The quantitative estimate of drug-likeness (QED) is 0.706. The summed E-state index contributed by atoms with van der Waals surface area (Å²) < 4.78 is 18.1. The average Bonchev–Trinajstić information content (AvgIpc) is 2.46. The van der Waals surface area contributed by atoms with E-state index in [1.54, 1.807) is 31.6 Å². The summed E-state index contributed by atoms with van der Waals surface area (Å²) in [6.07, 6.45) is 3.24. The van der Waals surface area contributed by atoms with E-state index in [1.807, 2.05) is 6.07 Å². The van der Waals surface area contributed by atoms with Gasteiger partial charge in [0.1, 0.15) is 5.82 Å². The van der Waals surface area contributed by atoms with E-state index in [-0.39, 0.29) is 5.82 Å². The van der Waals surface area contributed by atoms with E-state index in [0.29, 0.717) is 17.2 Å². The molecule has 0 radical (unpaired) electrons. The number of ether oxygens (including phenoxy) is 1. The Morgan fingerprint density at radius 1 is 1.11 bits per heavy atom. The summed E-state index contributed by atoms with van der Waals surface area (Å²) in [6, 6.07) is 8.02. The van der Waals surface area contributed by atoms with Crippen LogP contribution < -0.4 is 4.74 Å². The topological polar surface area (TPSA) is 47.9 Å². The van der Waals surface area contributed by atoms with E-state index in [2.05, 4.69) is 15.0 Å². The maximum Gasteiger partial charge on any atom is 0.216 e. The summed E-state index contributed by atoms with van der Waals surface area (Å²) in [5.41, 5.74) is 1.37. The van der Waals surface area contributed by atoms with E-state index >= 15 is 0 Å². The van der Waals surface area contributed by atoms with E-state index in [0.717, 1.165) is 10.9 Å². The van der Waals surface area contributed by atoms with E-state index < -0.39 is 0 Å². The zero-order chi connectivity index (χ0) is 13.2. The summed E-state index contributed by atoms with van der Waals surface area (Å²) in [6.45, 7) is 0. The highest BCUT2D eigenvalue weighted by Crippen LogP contribution is 2.21. The Hall–Kier alpha value is -2.56. The van der Waals surface area contributed by atoms with Gasteiger partial charge < -0.3 is 4.74 Å². The highest BCUT2D eigenvalue weighted by molar-refractivity contribution is 5.82. The predicted octanol–water partition coefficient (Wildman–Crippen LogP) is 2.84. The highest BCUT2D eigenvalue weighted by atomic mass is 19.1. The molecule has 19 heavy (non-hydrogen) atoms. The van der Waals surface area contributed by atoms with Crippen molar-refractivity contribution in [1.29, 1.82) is 0 Å². The maximum atomic E-state index is 13.1. The first-order chi connectivity index (χ1) is 9.26. The number of hydrogen-bond acceptors (Lipinski definition) is 4. The van der Waals surface area contributed by atoms with Crippen LogP contribution in [-0.4, -0.2) is 22.1 Å². The number of methoxy groups -OCH3 is 1. The van der Waals surface area contributed by atoms with E-state index in [9.17, 15) is 4.39 Å². The number of halogens is 1. The Kier molecular flexibility index (Phi) is 2.79. The van der Waals surface area contributed by atoms with Crippen molar-refractivity contribution in [3.8, 4) is 17.3 Å². The van der Waals surface area contributed by atoms with Gasteiger partial charge in [-0.3, -0.25) is 4.98 Å². The van der Waals surface area contributed by atoms with Gasteiger partial charge in [-0.05, 0) is 18.2 Å². The molecule has 94 valence electrons. The van der Waals surface area contributed by atoms with Crippen molar-refractivity contribution in [3.05, 3.63) is 48.5 Å². The van der Waals surface area contributed by atoms with Crippen LogP contribution in [0, 0.1) is 5.82 Å². The van der Waals surface area contributed by atoms with Gasteiger partial charge in [-0.25, -0.2) is 9.37 Å². The minimum Gasteiger partial charge on any atom is -0.481 e. The van der Waals surface area contributed by atoms with Crippen LogP contribution in [0.15, 0.2) is 42.7 Å². The molecule has 0 N–H and O–H groups in total. The Morgan fingerprint density at radius 2 is 2.00 bits per heavy atom. The number of nitrogens with zero attached hydrogens (tertiary/aromatic N) is 3. The second-order valence-electron chi connectivity index (χ2n) is 3.98. The van der Waals surface area contributed by atoms with Crippen LogP contribution in [0.25, 0.3) is 22.3 Å². The number of pyridine rings is 1. The molecule has 0 saturated heterocycles. The standard InChI is InChI=1S/C14H10FN3O/c1-19-13-4-5-16-14(18-13)10-6-9-2-3-11(15)7-12(9)17-8-10/h2-8H,1H3. The summed E-state index contributed by atoms with van der Waals surface area (Å²) in [7, 11) is 1.55. The fraction of sp³-hybridized carbons (Fsp3) is 0.0714. The SMILES string of the molecule is COc1ccnc(-c2cnc3cc(F)ccc3c2)n1. The third-order valence-corrected chi connectivity index (χ3v) is 2.74. The molecule has 0 amide bonds. The second-order valence-corrected chi connectivity index (χ2v) is 3.98. The first kappa shape index (κ1) is 11.5. The van der Waals surface area contributed by atoms with Crippen LogP contribution >= 0.6 is 0 Å². The van der Waals surface area contributed by atoms with Gasteiger partial charge in [0, 0.05) is 35.5 Å². The molecule has 0 unspecified atom stereocenters. The molecule has 0 spiro atoms. The van der Waals surface area contributed by atoms with Crippen molar-refractivity contribution < 1.29 is 9.13 Å². The largest absolute Gasteiger partial charge is 0.481 e. The first-order valence-corrected chi connectivity index (χ1v) is 5.69. The highest BCUT2D eigenvalue weighted by Gasteiger charge is 2.05. The monoisotopic (exact) mass is 255 g/mol. The Bertz CT molecular complexity index is 746. The molecule has 0 aliphatic carbocycles. The smallest absolute Gasteiger partial charge is 0.216 e. The molecule has 3 aromatic rings. The number of aromatic nitrogens is 3. The van der Waals surface area contributed by atoms with Crippen molar-refractivity contribution in [2.24, 2.45) is 0 Å². The maximum absolute atomic E-state index is 13.1. The molecular weight excluding hydrogens is 245 g/mol. The molecule has 1 aromatic carbocycles. The average molecular weight is 255 g/mol. The van der Waals surface area contributed by atoms with Crippen molar-refractivity contribution in [1.82, 2.24) is 15.0 Å². The summed E-state index contributed by atoms with van der Waals surface area (Å²) >= 11 is 0. The molecule has 0 aliphatic rings. The lowest BCUT2D eigenvalue weighted by atomic mass is 10.1. The van der Waals surface area contributed by atoms with Crippen molar-refractivity contribution in [2.75, 3.05) is 7.11 Å². The lowest BCUT2D eigenvalue weighted by Crippen LogP contribution is -1.93. The van der Waals surface area contributed by atoms with Gasteiger partial charge in [-0.2, -0.15) is 4.98 Å². The third kappa shape index (κ3) is 2.22. The fourth-order valence-electron chi connectivity index (χ4n) is 1.81. The Balaban J connectivity index is 2.12. The molecule has 5 heteroatoms. The lowest BCUT2D eigenvalue weighted by molar-refractivity contribution is 0.397. The minimum absolute atomic E-state index is 0.301. The zero-order valence-electron chi connectivity index (χ0n) is 10.2. The number of benzene rings is 1. The van der Waals surface area contributed by atoms with Crippen molar-refractivity contribution in [2.45, 2.75) is 0 Å². The molecule has 0 atom stereocenters. The Morgan fingerprint density at radius 3 is 2.84 bits per heavy atom. The summed E-state index contributed by atoms with van der Waals surface area (Å²) in [5, 5.41) is 0.838. The van der Waals surface area contributed by atoms with Gasteiger partial charge in [0.2, 0.25) is 5.88 Å². The molecule has 0 fully saturated rings.